The molecule has 0 aliphatic rings. The molecule has 0 aromatic heterocycles. The zero-order chi connectivity index (χ0) is 17.2. The van der Waals surface area contributed by atoms with Crippen LogP contribution in [0, 0.1) is 0 Å². The van der Waals surface area contributed by atoms with Gasteiger partial charge in [-0.2, -0.15) is 0 Å². The highest BCUT2D eigenvalue weighted by atomic mass is 16.5. The molecule has 2 aromatic rings. The van der Waals surface area contributed by atoms with Gasteiger partial charge in [-0.1, -0.05) is 0 Å². The Morgan fingerprint density at radius 1 is 0.783 bits per heavy atom. The number of rotatable bonds is 5. The van der Waals surface area contributed by atoms with Crippen LogP contribution in [0.4, 0.5) is 22.7 Å². The topological polar surface area (TPSA) is 154 Å². The van der Waals surface area contributed by atoms with E-state index in [1.54, 1.807) is 36.4 Å². The van der Waals surface area contributed by atoms with Crippen molar-refractivity contribution < 1.29 is 14.9 Å². The maximum Gasteiger partial charge on any atom is 0.142 e. The maximum atomic E-state index is 8.64. The van der Waals surface area contributed by atoms with Gasteiger partial charge in [0.05, 0.1) is 12.3 Å². The Morgan fingerprint density at radius 3 is 2.04 bits per heavy atom. The molecule has 0 aliphatic carbocycles. The molecule has 7 nitrogen and oxygen atoms in total. The fourth-order valence-corrected chi connectivity index (χ4v) is 1.82. The minimum absolute atomic E-state index is 0.0240. The van der Waals surface area contributed by atoms with Crippen molar-refractivity contribution in [3.63, 3.8) is 0 Å². The smallest absolute Gasteiger partial charge is 0.142 e. The lowest BCUT2D eigenvalue weighted by Gasteiger charge is -2.07. The zero-order valence-corrected chi connectivity index (χ0v) is 12.9. The molecule has 0 saturated carbocycles. The van der Waals surface area contributed by atoms with Crippen LogP contribution in [-0.4, -0.2) is 30.0 Å². The average Bonchev–Trinajstić information content (AvgIpc) is 2.51. The largest absolute Gasteiger partial charge is 0.489 e. The van der Waals surface area contributed by atoms with Gasteiger partial charge in [0.25, 0.3) is 0 Å². The second-order valence-corrected chi connectivity index (χ2v) is 4.80. The Kier molecular flexibility index (Phi) is 7.52. The van der Waals surface area contributed by atoms with Crippen LogP contribution >= 0.6 is 0 Å². The first-order valence-corrected chi connectivity index (χ1v) is 7.11. The predicted molar refractivity (Wildman–Crippen MR) is 93.9 cm³/mol. The van der Waals surface area contributed by atoms with Crippen LogP contribution in [0.2, 0.25) is 0 Å². The van der Waals surface area contributed by atoms with Gasteiger partial charge in [-0.15, -0.1) is 0 Å². The maximum absolute atomic E-state index is 8.64. The van der Waals surface area contributed by atoms with Crippen molar-refractivity contribution in [1.82, 2.24) is 0 Å². The van der Waals surface area contributed by atoms with E-state index in [2.05, 4.69) is 0 Å². The normalized spacial score (nSPS) is 9.83. The summed E-state index contributed by atoms with van der Waals surface area (Å²) < 4.78 is 5.11. The molecule has 2 rings (SSSR count). The summed E-state index contributed by atoms with van der Waals surface area (Å²) >= 11 is 0. The van der Waals surface area contributed by atoms with Crippen molar-refractivity contribution >= 4 is 22.7 Å². The van der Waals surface area contributed by atoms with E-state index >= 15 is 0 Å². The number of hydrogen-bond acceptors (Lipinski definition) is 7. The fourth-order valence-electron chi connectivity index (χ4n) is 1.82. The molecule has 0 unspecified atom stereocenters. The third-order valence-electron chi connectivity index (χ3n) is 2.93. The number of hydrogen-bond donors (Lipinski definition) is 6. The van der Waals surface area contributed by atoms with Crippen molar-refractivity contribution in [2.24, 2.45) is 0 Å². The molecule has 0 radical (unpaired) electrons. The van der Waals surface area contributed by atoms with Crippen molar-refractivity contribution in [3.05, 3.63) is 42.0 Å². The standard InChI is InChI=1S/C8H12N2O2.C8H12N2O/c9-6-1-2-8(7(10)5-6)12-4-3-11;9-7-1-2-8(10)6(5-7)3-4-11/h1-2,5,11H,3-4,9-10H2;1-2,5,11H,3-4,9-10H2. The highest BCUT2D eigenvalue weighted by molar-refractivity contribution is 5.60. The number of nitrogen functional groups attached to an aromatic ring is 4. The quantitative estimate of drug-likeness (QED) is 0.441. The Hall–Kier alpha value is -2.64. The summed E-state index contributed by atoms with van der Waals surface area (Å²) in [5.41, 5.74) is 25.5. The van der Waals surface area contributed by atoms with Crippen LogP contribution in [-0.2, 0) is 6.42 Å². The van der Waals surface area contributed by atoms with E-state index in [4.69, 9.17) is 37.9 Å². The first-order valence-electron chi connectivity index (χ1n) is 7.11. The summed E-state index contributed by atoms with van der Waals surface area (Å²) in [6.45, 7) is 0.325. The molecule has 0 bridgehead atoms. The number of benzene rings is 2. The van der Waals surface area contributed by atoms with E-state index in [0.717, 1.165) is 5.56 Å². The lowest BCUT2D eigenvalue weighted by molar-refractivity contribution is 0.202. The second kappa shape index (κ2) is 9.39. The minimum atomic E-state index is -0.0240. The predicted octanol–water partition coefficient (Wildman–Crippen LogP) is 0.608. The number of nitrogens with two attached hydrogens (primary N) is 4. The number of aliphatic hydroxyl groups excluding tert-OH is 2. The van der Waals surface area contributed by atoms with Gasteiger partial charge in [0.2, 0.25) is 0 Å². The Balaban J connectivity index is 0.000000231. The van der Waals surface area contributed by atoms with Gasteiger partial charge in [0.1, 0.15) is 12.4 Å². The highest BCUT2D eigenvalue weighted by Crippen LogP contribution is 2.23. The van der Waals surface area contributed by atoms with Crippen molar-refractivity contribution in [1.29, 1.82) is 0 Å². The highest BCUT2D eigenvalue weighted by Gasteiger charge is 1.99. The summed E-state index contributed by atoms with van der Waals surface area (Å²) in [6.07, 6.45) is 0.566. The van der Waals surface area contributed by atoms with Gasteiger partial charge >= 0.3 is 0 Å². The SMILES string of the molecule is Nc1ccc(N)c(CCO)c1.Nc1ccc(OCCO)c(N)c1. The van der Waals surface area contributed by atoms with Gasteiger partial charge in [0.15, 0.2) is 0 Å². The second-order valence-electron chi connectivity index (χ2n) is 4.80. The molecule has 0 spiro atoms. The monoisotopic (exact) mass is 320 g/mol. The third kappa shape index (κ3) is 6.33. The summed E-state index contributed by atoms with van der Waals surface area (Å²) in [7, 11) is 0. The Bertz CT molecular complexity index is 620. The summed E-state index contributed by atoms with van der Waals surface area (Å²) in [5, 5.41) is 17.1. The molecule has 0 aliphatic heterocycles. The van der Waals surface area contributed by atoms with Crippen LogP contribution < -0.4 is 27.7 Å². The molecule has 7 heteroatoms. The van der Waals surface area contributed by atoms with Gasteiger partial charge in [-0.3, -0.25) is 0 Å². The Labute approximate surface area is 135 Å². The summed E-state index contributed by atoms with van der Waals surface area (Å²) in [6, 6.07) is 10.3. The molecule has 0 fully saturated rings. The van der Waals surface area contributed by atoms with Crippen LogP contribution in [0.5, 0.6) is 5.75 Å². The first kappa shape index (κ1) is 18.4. The zero-order valence-electron chi connectivity index (χ0n) is 12.9. The van der Waals surface area contributed by atoms with Gasteiger partial charge in [-0.25, -0.2) is 0 Å². The van der Waals surface area contributed by atoms with Crippen molar-refractivity contribution in [3.8, 4) is 5.75 Å². The molecule has 23 heavy (non-hydrogen) atoms. The average molecular weight is 320 g/mol. The van der Waals surface area contributed by atoms with Crippen LogP contribution in [0.3, 0.4) is 0 Å². The van der Waals surface area contributed by atoms with Crippen LogP contribution in [0.1, 0.15) is 5.56 Å². The van der Waals surface area contributed by atoms with E-state index in [-0.39, 0.29) is 19.8 Å². The van der Waals surface area contributed by atoms with E-state index < -0.39 is 0 Å². The van der Waals surface area contributed by atoms with E-state index in [1.807, 2.05) is 0 Å². The minimum Gasteiger partial charge on any atom is -0.489 e. The van der Waals surface area contributed by atoms with E-state index in [9.17, 15) is 0 Å². The van der Waals surface area contributed by atoms with Crippen LogP contribution in [0.15, 0.2) is 36.4 Å². The fraction of sp³-hybridized carbons (Fsp3) is 0.250. The molecule has 10 N–H and O–H groups in total. The third-order valence-corrected chi connectivity index (χ3v) is 2.93. The van der Waals surface area contributed by atoms with Crippen molar-refractivity contribution in [2.75, 3.05) is 42.8 Å². The van der Waals surface area contributed by atoms with Crippen LogP contribution in [0.25, 0.3) is 0 Å². The van der Waals surface area contributed by atoms with Gasteiger partial charge in [0, 0.05) is 23.7 Å². The molecule has 0 heterocycles. The molecule has 0 amide bonds. The number of aliphatic hydroxyl groups is 2. The summed E-state index contributed by atoms with van der Waals surface area (Å²) in [5.74, 6) is 0.554. The summed E-state index contributed by atoms with van der Waals surface area (Å²) in [4.78, 5) is 0. The molecule has 0 saturated heterocycles. The molecule has 126 valence electrons. The van der Waals surface area contributed by atoms with Gasteiger partial charge in [-0.05, 0) is 48.4 Å². The number of ether oxygens (including phenoxy) is 1. The molecule has 0 atom stereocenters. The molecule has 2 aromatic carbocycles. The molecular formula is C16H24N4O3. The lowest BCUT2D eigenvalue weighted by Crippen LogP contribution is -2.04. The Morgan fingerprint density at radius 2 is 1.43 bits per heavy atom. The van der Waals surface area contributed by atoms with Gasteiger partial charge < -0.3 is 37.9 Å². The van der Waals surface area contributed by atoms with Crippen molar-refractivity contribution in [2.45, 2.75) is 6.42 Å². The molecular weight excluding hydrogens is 296 g/mol. The van der Waals surface area contributed by atoms with E-state index in [1.165, 1.54) is 0 Å². The lowest BCUT2D eigenvalue weighted by atomic mass is 10.1. The first-order chi connectivity index (χ1) is 11.0. The van der Waals surface area contributed by atoms with E-state index in [0.29, 0.717) is 34.9 Å². The number of anilines is 4.